The number of amides is 1. The van der Waals surface area contributed by atoms with Crippen LogP contribution < -0.4 is 4.74 Å². The average Bonchev–Trinajstić information content (AvgIpc) is 3.19. The lowest BCUT2D eigenvalue weighted by Crippen LogP contribution is -2.52. The number of aryl methyl sites for hydroxylation is 1. The number of hydrogen-bond donors (Lipinski definition) is 1. The first-order valence-electron chi connectivity index (χ1n) is 9.69. The van der Waals surface area contributed by atoms with Crippen molar-refractivity contribution in [3.8, 4) is 5.75 Å². The van der Waals surface area contributed by atoms with Crippen LogP contribution in [0.3, 0.4) is 0 Å². The summed E-state index contributed by atoms with van der Waals surface area (Å²) in [5.41, 5.74) is 2.37. The van der Waals surface area contributed by atoms with Crippen LogP contribution in [0.4, 0.5) is 0 Å². The van der Waals surface area contributed by atoms with E-state index in [0.29, 0.717) is 54.3 Å². The number of rotatable bonds is 1. The number of benzene rings is 2. The first kappa shape index (κ1) is 18.2. The van der Waals surface area contributed by atoms with Gasteiger partial charge in [0.25, 0.3) is 5.91 Å². The summed E-state index contributed by atoms with van der Waals surface area (Å²) >= 11 is 6.18. The zero-order valence-corrected chi connectivity index (χ0v) is 16.8. The topological polar surface area (TPSA) is 75.3 Å². The van der Waals surface area contributed by atoms with Crippen molar-refractivity contribution in [2.75, 3.05) is 13.1 Å². The summed E-state index contributed by atoms with van der Waals surface area (Å²) in [5.74, 6) is 0.638. The quantitative estimate of drug-likeness (QED) is 0.654. The number of nitrogens with zero attached hydrogens (tertiary/aromatic N) is 2. The molecule has 3 aromatic rings. The van der Waals surface area contributed by atoms with Gasteiger partial charge in [-0.3, -0.25) is 14.7 Å². The van der Waals surface area contributed by atoms with Gasteiger partial charge < -0.3 is 9.64 Å². The Morgan fingerprint density at radius 3 is 2.86 bits per heavy atom. The SMILES string of the molecule is Cc1cc2c(cc1Cl)C(=O)CC1(CCN(C(=O)c3cccc4[nH]ncc34)CC1)O2. The molecule has 6 nitrogen and oxygen atoms in total. The van der Waals surface area contributed by atoms with Crippen LogP contribution in [0.15, 0.2) is 36.5 Å². The smallest absolute Gasteiger partial charge is 0.254 e. The first-order valence-corrected chi connectivity index (χ1v) is 10.1. The molecule has 1 aromatic heterocycles. The minimum absolute atomic E-state index is 0.0167. The lowest BCUT2D eigenvalue weighted by atomic mass is 9.82. The molecule has 1 amide bonds. The number of aromatic amines is 1. The van der Waals surface area contributed by atoms with Gasteiger partial charge in [-0.05, 0) is 36.8 Å². The number of hydrogen-bond acceptors (Lipinski definition) is 4. The van der Waals surface area contributed by atoms with Crippen LogP contribution in [-0.2, 0) is 0 Å². The molecule has 1 spiro atoms. The number of carbonyl (C=O) groups is 2. The highest BCUT2D eigenvalue weighted by Crippen LogP contribution is 2.41. The molecular formula is C22H20ClN3O3. The lowest BCUT2D eigenvalue weighted by molar-refractivity contribution is -0.00568. The first-order chi connectivity index (χ1) is 14.0. The molecule has 2 aromatic carbocycles. The number of fused-ring (bicyclic) bond motifs is 2. The van der Waals surface area contributed by atoms with E-state index in [1.165, 1.54) is 0 Å². The van der Waals surface area contributed by atoms with Gasteiger partial charge in [0.15, 0.2) is 5.78 Å². The molecule has 0 radical (unpaired) electrons. The Hall–Kier alpha value is -2.86. The Labute approximate surface area is 172 Å². The molecule has 0 saturated carbocycles. The molecule has 2 aliphatic heterocycles. The van der Waals surface area contributed by atoms with E-state index in [2.05, 4.69) is 10.2 Å². The second-order valence-corrected chi connectivity index (χ2v) is 8.32. The Morgan fingerprint density at radius 1 is 1.28 bits per heavy atom. The van der Waals surface area contributed by atoms with E-state index in [1.807, 2.05) is 36.1 Å². The molecular weight excluding hydrogens is 390 g/mol. The molecule has 1 N–H and O–H groups in total. The Bertz CT molecular complexity index is 1150. The summed E-state index contributed by atoms with van der Waals surface area (Å²) in [5, 5.41) is 8.33. The van der Waals surface area contributed by atoms with Gasteiger partial charge in [0.1, 0.15) is 11.4 Å². The number of aromatic nitrogens is 2. The van der Waals surface area contributed by atoms with Crippen LogP contribution in [0.5, 0.6) is 5.75 Å². The van der Waals surface area contributed by atoms with Gasteiger partial charge in [0.05, 0.1) is 29.3 Å². The number of Topliss-reactive ketones (excluding diaryl/α,β-unsaturated/α-hetero) is 1. The third-order valence-corrected chi connectivity index (χ3v) is 6.45. The van der Waals surface area contributed by atoms with Gasteiger partial charge >= 0.3 is 0 Å². The summed E-state index contributed by atoms with van der Waals surface area (Å²) in [6.45, 7) is 2.99. The highest BCUT2D eigenvalue weighted by atomic mass is 35.5. The second-order valence-electron chi connectivity index (χ2n) is 7.91. The van der Waals surface area contributed by atoms with Crippen LogP contribution in [-0.4, -0.2) is 45.5 Å². The fourth-order valence-electron chi connectivity index (χ4n) is 4.34. The van der Waals surface area contributed by atoms with Gasteiger partial charge in [-0.15, -0.1) is 0 Å². The highest BCUT2D eigenvalue weighted by molar-refractivity contribution is 6.31. The molecule has 2 aliphatic rings. The van der Waals surface area contributed by atoms with Crippen molar-refractivity contribution in [2.24, 2.45) is 0 Å². The molecule has 0 aliphatic carbocycles. The number of ketones is 1. The molecule has 7 heteroatoms. The van der Waals surface area contributed by atoms with E-state index in [1.54, 1.807) is 12.3 Å². The number of halogens is 1. The van der Waals surface area contributed by atoms with E-state index in [-0.39, 0.29) is 11.7 Å². The van der Waals surface area contributed by atoms with Gasteiger partial charge in [-0.25, -0.2) is 0 Å². The zero-order chi connectivity index (χ0) is 20.2. The highest BCUT2D eigenvalue weighted by Gasteiger charge is 2.44. The van der Waals surface area contributed by atoms with Crippen LogP contribution in [0.2, 0.25) is 5.02 Å². The van der Waals surface area contributed by atoms with Crippen molar-refractivity contribution in [1.29, 1.82) is 0 Å². The third kappa shape index (κ3) is 2.99. The summed E-state index contributed by atoms with van der Waals surface area (Å²) < 4.78 is 6.33. The normalized spacial score (nSPS) is 18.0. The van der Waals surface area contributed by atoms with Crippen molar-refractivity contribution >= 4 is 34.2 Å². The van der Waals surface area contributed by atoms with E-state index in [4.69, 9.17) is 16.3 Å². The largest absolute Gasteiger partial charge is 0.486 e. The fourth-order valence-corrected chi connectivity index (χ4v) is 4.50. The van der Waals surface area contributed by atoms with Crippen molar-refractivity contribution in [1.82, 2.24) is 15.1 Å². The summed E-state index contributed by atoms with van der Waals surface area (Å²) in [4.78, 5) is 27.7. The van der Waals surface area contributed by atoms with Crippen LogP contribution in [0.25, 0.3) is 10.9 Å². The number of nitrogens with one attached hydrogen (secondary N) is 1. The molecule has 148 valence electrons. The van der Waals surface area contributed by atoms with Crippen LogP contribution in [0, 0.1) is 6.92 Å². The van der Waals surface area contributed by atoms with Gasteiger partial charge in [-0.1, -0.05) is 17.7 Å². The van der Waals surface area contributed by atoms with Crippen LogP contribution >= 0.6 is 11.6 Å². The molecule has 0 atom stereocenters. The Kier molecular flexibility index (Phi) is 4.13. The summed E-state index contributed by atoms with van der Waals surface area (Å²) in [7, 11) is 0. The molecule has 1 saturated heterocycles. The Morgan fingerprint density at radius 2 is 2.07 bits per heavy atom. The molecule has 0 unspecified atom stereocenters. The minimum Gasteiger partial charge on any atom is -0.486 e. The zero-order valence-electron chi connectivity index (χ0n) is 16.0. The molecule has 5 rings (SSSR count). The monoisotopic (exact) mass is 409 g/mol. The van der Waals surface area contributed by atoms with E-state index in [0.717, 1.165) is 16.5 Å². The fraction of sp³-hybridized carbons (Fsp3) is 0.318. The molecule has 0 bridgehead atoms. The number of likely N-dealkylation sites (tertiary alicyclic amines) is 1. The minimum atomic E-state index is -0.553. The van der Waals surface area contributed by atoms with Crippen molar-refractivity contribution in [3.63, 3.8) is 0 Å². The Balaban J connectivity index is 1.36. The van der Waals surface area contributed by atoms with Gasteiger partial charge in [-0.2, -0.15) is 5.10 Å². The van der Waals surface area contributed by atoms with E-state index < -0.39 is 5.60 Å². The number of H-pyrrole nitrogens is 1. The van der Waals surface area contributed by atoms with Crippen molar-refractivity contribution < 1.29 is 14.3 Å². The summed E-state index contributed by atoms with van der Waals surface area (Å²) in [6, 6.07) is 9.12. The second kappa shape index (κ2) is 6.59. The molecule has 29 heavy (non-hydrogen) atoms. The number of carbonyl (C=O) groups excluding carboxylic acids is 2. The van der Waals surface area contributed by atoms with Gasteiger partial charge in [0.2, 0.25) is 0 Å². The number of ether oxygens (including phenoxy) is 1. The standard InChI is InChI=1S/C22H20ClN3O3/c1-13-9-20-15(10-17(13)23)19(27)11-22(29-20)5-7-26(8-6-22)21(28)14-3-2-4-18-16(14)12-24-25-18/h2-4,9-10,12H,5-8,11H2,1H3,(H,24,25). The molecule has 1 fully saturated rings. The third-order valence-electron chi connectivity index (χ3n) is 6.05. The molecule has 3 heterocycles. The van der Waals surface area contributed by atoms with Crippen molar-refractivity contribution in [2.45, 2.75) is 31.8 Å². The summed E-state index contributed by atoms with van der Waals surface area (Å²) in [6.07, 6.45) is 3.24. The van der Waals surface area contributed by atoms with Gasteiger partial charge in [0, 0.05) is 36.3 Å². The predicted octanol–water partition coefficient (Wildman–Crippen LogP) is 4.16. The predicted molar refractivity (Wildman–Crippen MR) is 110 cm³/mol. The van der Waals surface area contributed by atoms with E-state index >= 15 is 0 Å². The maximum Gasteiger partial charge on any atom is 0.254 e. The van der Waals surface area contributed by atoms with Crippen LogP contribution in [0.1, 0.15) is 45.5 Å². The lowest BCUT2D eigenvalue weighted by Gasteiger charge is -2.44. The maximum atomic E-state index is 13.1. The maximum absolute atomic E-state index is 13.1. The number of piperidine rings is 1. The average molecular weight is 410 g/mol. The van der Waals surface area contributed by atoms with E-state index in [9.17, 15) is 9.59 Å². The van der Waals surface area contributed by atoms with Crippen molar-refractivity contribution in [3.05, 3.63) is 58.2 Å².